The lowest BCUT2D eigenvalue weighted by atomic mass is 10.0. The zero-order chi connectivity index (χ0) is 114. The largest absolute Gasteiger partial charge is 0.431 e. The van der Waals surface area contributed by atoms with E-state index in [4.69, 9.17) is 0 Å². The van der Waals surface area contributed by atoms with Crippen LogP contribution in [-0.2, 0) is 58.9 Å². The van der Waals surface area contributed by atoms with Gasteiger partial charge in [0.15, 0.2) is 6.33 Å². The Morgan fingerprint density at radius 2 is 0.715 bits per heavy atom. The number of likely N-dealkylation sites (N-methyl/N-ethyl adjacent to an activating group) is 1. The summed E-state index contributed by atoms with van der Waals surface area (Å²) in [6.07, 6.45) is 28.5. The summed E-state index contributed by atoms with van der Waals surface area (Å²) < 4.78 is 21.3. The molecule has 0 N–H and O–H groups in total. The SMILES string of the molecule is CC.CC.CC.CC.CC.CC.CC.CC.CC.CC.CC.CC(C)(C)C.CC(C)(C)C.CC(C)(C)C.CC(C)C.CC(C)C.CC(C)C.CC(C)C.CC(C)C.CC(C)C.CC(C)C.CC(C)C.CN1C=NCC1=O.Cn1ccn(C)c1=O.Cn1ccnn1.Cn1cncn1.Cn1cnn(C)c1=O.Cn1nccn1.O=C1CC=CC=N1.c1ncon1.c1ncsn1.c1nnco1.c1nncs1. The molecule has 0 unspecified atom stereocenters. The van der Waals surface area contributed by atoms with Crippen LogP contribution in [0.25, 0.3) is 0 Å². The van der Waals surface area contributed by atoms with Gasteiger partial charge in [0.25, 0.3) is 0 Å². The van der Waals surface area contributed by atoms with Crippen molar-refractivity contribution in [3.63, 3.8) is 0 Å². The lowest BCUT2D eigenvalue weighted by Gasteiger charge is -2.05. The maximum absolute atomic E-state index is 10.7. The Bertz CT molecular complexity index is 2930. The summed E-state index contributed by atoms with van der Waals surface area (Å²) in [5.41, 5.74) is 6.47. The molecule has 0 atom stereocenters. The molecule has 11 heterocycles. The van der Waals surface area contributed by atoms with Crippen LogP contribution in [-0.4, -0.2) is 151 Å². The number of hydrogen-bond donors (Lipinski definition) is 0. The summed E-state index contributed by atoms with van der Waals surface area (Å²) in [6, 6.07) is 0. The first kappa shape index (κ1) is 184. The molecule has 0 radical (unpaired) electrons. The van der Waals surface area contributed by atoms with Crippen LogP contribution in [0.1, 0.15) is 408 Å². The maximum atomic E-state index is 10.7. The number of carbonyl (C=O) groups excluding carboxylic acids is 2. The van der Waals surface area contributed by atoms with Crippen LogP contribution in [0.2, 0.25) is 0 Å². The van der Waals surface area contributed by atoms with Gasteiger partial charge in [0.1, 0.15) is 48.4 Å². The van der Waals surface area contributed by atoms with E-state index in [-0.39, 0.29) is 23.2 Å². The van der Waals surface area contributed by atoms with E-state index >= 15 is 0 Å². The fraction of sp³-hybridized carbons (Fsp3) is 0.760. The van der Waals surface area contributed by atoms with E-state index < -0.39 is 0 Å². The van der Waals surface area contributed by atoms with Crippen molar-refractivity contribution in [3.8, 4) is 0 Å². The maximum Gasteiger partial charge on any atom is 0.345 e. The second kappa shape index (κ2) is 158. The van der Waals surface area contributed by atoms with Gasteiger partial charge in [0, 0.05) is 87.6 Å². The molecule has 31 nitrogen and oxygen atoms in total. The molecule has 0 aliphatic carbocycles. The monoisotopic (exact) mass is 1990 g/mol. The number of amides is 2. The summed E-state index contributed by atoms with van der Waals surface area (Å²) in [7, 11) is 13.8. The number of nitrogens with zero attached hydrogens (tertiary/aromatic N) is 25. The molecule has 9 aromatic rings. The number of aliphatic imine (C=N–C) groups is 2. The smallest absolute Gasteiger partial charge is 0.345 e. The molecule has 11 rings (SSSR count). The first-order valence-corrected chi connectivity index (χ1v) is 51.3. The standard InChI is InChI=1S/C5H8N2O.C5H5NO.3C5H12.C4H7N3O.C4H6N2O.8C4H10.3C3H5N3.2C2H2N2O.2C2H2N2S.11C2H6/c1-6-3-4-7(2)5(6)8;7-5-3-1-2-4-6-5;3*1-5(2,3)4;1-6-3-5-7(2)4(6)8;1-6-3-5-2-4(6)7;8*1-4(2)3;1-6-3-4-2-5-6;1-6-3-2-4-5-6;1-6-4-2-3-5-6;1-3-4-2-5-1;1-3-2-5-4-1;1-3-4-2-5-1;1-3-2-5-4-1;11*1-2/h3-4H,1-2H3;1-2,4H,3H2;3*1-4H3;3H,1-2H3;3H,2H2,1H3;8*4H,1-3H3;3*2-3H,1H3;4*1-2H;11*1-2H3. The zero-order valence-electron chi connectivity index (χ0n) is 102. The molecule has 0 bridgehead atoms. The highest BCUT2D eigenvalue weighted by Crippen LogP contribution is 2.09. The van der Waals surface area contributed by atoms with E-state index in [1.165, 1.54) is 108 Å². The third-order valence-corrected chi connectivity index (χ3v) is 7.31. The van der Waals surface area contributed by atoms with E-state index in [1.807, 2.05) is 166 Å². The van der Waals surface area contributed by atoms with Gasteiger partial charge in [0.2, 0.25) is 31.0 Å². The van der Waals surface area contributed by atoms with Gasteiger partial charge in [-0.25, -0.2) is 34.2 Å². The van der Waals surface area contributed by atoms with Crippen LogP contribution in [0.4, 0.5) is 0 Å². The van der Waals surface area contributed by atoms with E-state index in [0.717, 1.165) is 47.3 Å². The predicted octanol–water partition coefficient (Wildman–Crippen LogP) is 30.3. The zero-order valence-corrected chi connectivity index (χ0v) is 104. The quantitative estimate of drug-likeness (QED) is 0.136. The van der Waals surface area contributed by atoms with Crippen molar-refractivity contribution >= 4 is 47.2 Å². The first-order valence-electron chi connectivity index (χ1n) is 49.5. The van der Waals surface area contributed by atoms with Gasteiger partial charge in [-0.1, -0.05) is 418 Å². The number of aromatic nitrogens is 22. The van der Waals surface area contributed by atoms with Gasteiger partial charge in [-0.3, -0.25) is 28.5 Å². The fourth-order valence-electron chi connectivity index (χ4n) is 3.25. The van der Waals surface area contributed by atoms with Crippen LogP contribution < -0.4 is 11.4 Å². The predicted molar refractivity (Wildman–Crippen MR) is 608 cm³/mol. The van der Waals surface area contributed by atoms with Gasteiger partial charge in [0.05, 0.1) is 24.9 Å². The average Bonchev–Trinajstić information content (AvgIpc) is 1.77. The summed E-state index contributed by atoms with van der Waals surface area (Å²) >= 11 is 2.84. The van der Waals surface area contributed by atoms with Gasteiger partial charge >= 0.3 is 11.4 Å². The van der Waals surface area contributed by atoms with Crippen LogP contribution in [0, 0.1) is 63.6 Å². The number of dihydropyridines is 1. The number of rotatable bonds is 0. The number of allylic oxidation sites excluding steroid dienone is 1. The Balaban J connectivity index is -0.0000000502. The van der Waals surface area contributed by atoms with E-state index in [1.54, 1.807) is 124 Å². The average molecular weight is 1990 g/mol. The molecule has 820 valence electrons. The van der Waals surface area contributed by atoms with Crippen molar-refractivity contribution in [1.82, 2.24) is 113 Å². The van der Waals surface area contributed by atoms with Crippen molar-refractivity contribution in [2.24, 2.45) is 123 Å². The molecule has 137 heavy (non-hydrogen) atoms. The second-order valence-electron chi connectivity index (χ2n) is 34.6. The van der Waals surface area contributed by atoms with Crippen molar-refractivity contribution in [3.05, 3.63) is 138 Å². The molecular weight excluding hydrogens is 1760 g/mol. The van der Waals surface area contributed by atoms with Gasteiger partial charge < -0.3 is 23.0 Å². The number of hydrogen-bond acceptors (Lipinski definition) is 24. The highest BCUT2D eigenvalue weighted by atomic mass is 32.1. The van der Waals surface area contributed by atoms with Gasteiger partial charge in [-0.2, -0.15) is 29.6 Å². The van der Waals surface area contributed by atoms with Gasteiger partial charge in [-0.05, 0) is 81.2 Å². The minimum atomic E-state index is -0.0926. The Labute approximate surface area is 856 Å². The summed E-state index contributed by atoms with van der Waals surface area (Å²) in [5.74, 6) is 6.68. The molecule has 0 spiro atoms. The van der Waals surface area contributed by atoms with Crippen LogP contribution in [0.15, 0.2) is 145 Å². The second-order valence-corrected chi connectivity index (χ2v) is 35.9. The summed E-state index contributed by atoms with van der Waals surface area (Å²) in [4.78, 5) is 62.8. The Hall–Kier alpha value is -9.01. The van der Waals surface area contributed by atoms with Crippen molar-refractivity contribution in [1.29, 1.82) is 0 Å². The highest BCUT2D eigenvalue weighted by molar-refractivity contribution is 7.07. The lowest BCUT2D eigenvalue weighted by Crippen LogP contribution is -2.20. The minimum Gasteiger partial charge on any atom is -0.431 e. The van der Waals surface area contributed by atoms with Crippen molar-refractivity contribution in [2.45, 2.75) is 408 Å². The van der Waals surface area contributed by atoms with E-state index in [2.05, 4.69) is 344 Å². The van der Waals surface area contributed by atoms with Crippen LogP contribution in [0.5, 0.6) is 0 Å². The molecular formula is C104H231N25O6S2. The fourth-order valence-corrected chi connectivity index (χ4v) is 3.79. The third kappa shape index (κ3) is 344. The molecule has 33 heteroatoms. The van der Waals surface area contributed by atoms with Crippen LogP contribution >= 0.6 is 22.9 Å². The molecule has 0 saturated carbocycles. The Morgan fingerprint density at radius 3 is 0.803 bits per heavy atom. The Morgan fingerprint density at radius 1 is 0.365 bits per heavy atom. The number of imidazole rings is 1. The Kier molecular flexibility index (Phi) is 212. The lowest BCUT2D eigenvalue weighted by molar-refractivity contribution is -0.123. The van der Waals surface area contributed by atoms with E-state index in [0.29, 0.717) is 29.2 Å². The molecule has 2 amide bonds. The van der Waals surface area contributed by atoms with E-state index in [9.17, 15) is 19.2 Å². The first-order chi connectivity index (χ1) is 63.7. The van der Waals surface area contributed by atoms with Crippen molar-refractivity contribution < 1.29 is 18.5 Å². The summed E-state index contributed by atoms with van der Waals surface area (Å²) in [6.45, 7) is 123. The molecule has 0 aromatic carbocycles. The molecule has 2 aliphatic rings. The topological polar surface area (TPSA) is 350 Å². The van der Waals surface area contributed by atoms with Gasteiger partial charge in [-0.15, -0.1) is 36.8 Å². The number of aryl methyl sites for hydroxylation is 7. The molecule has 2 aliphatic heterocycles. The summed E-state index contributed by atoms with van der Waals surface area (Å²) in [5, 5.41) is 38.8. The molecule has 0 saturated heterocycles. The molecule has 9 aromatic heterocycles. The third-order valence-electron chi connectivity index (χ3n) is 6.44. The van der Waals surface area contributed by atoms with Crippen LogP contribution in [0.3, 0.4) is 0 Å². The van der Waals surface area contributed by atoms with Crippen molar-refractivity contribution in [2.75, 3.05) is 13.6 Å². The minimum absolute atomic E-state index is 0.0185. The molecule has 0 fully saturated rings. The number of carbonyl (C=O) groups is 2. The normalized spacial score (nSPS) is 9.26. The highest BCUT2D eigenvalue weighted by Gasteiger charge is 2.09.